The van der Waals surface area contributed by atoms with Gasteiger partial charge in [0.2, 0.25) is 11.8 Å². The molecule has 0 aromatic heterocycles. The number of nitrogens with zero attached hydrogens (tertiary/aromatic N) is 2. The molecule has 1 N–H and O–H groups in total. The maximum atomic E-state index is 14.3. The third kappa shape index (κ3) is 8.66. The van der Waals surface area contributed by atoms with Gasteiger partial charge in [-0.25, -0.2) is 8.42 Å². The van der Waals surface area contributed by atoms with Crippen LogP contribution in [0.3, 0.4) is 0 Å². The Morgan fingerprint density at radius 2 is 1.51 bits per heavy atom. The summed E-state index contributed by atoms with van der Waals surface area (Å²) in [5.74, 6) is -0.396. The number of hydrogen-bond donors (Lipinski definition) is 1. The van der Waals surface area contributed by atoms with Crippen LogP contribution in [0.5, 0.6) is 17.2 Å². The lowest BCUT2D eigenvalue weighted by molar-refractivity contribution is -0.140. The molecule has 14 heteroatoms. The predicted octanol–water partition coefficient (Wildman–Crippen LogP) is 6.20. The Labute approximate surface area is 279 Å². The molecule has 3 rings (SSSR count). The minimum atomic E-state index is -4.47. The van der Waals surface area contributed by atoms with Crippen LogP contribution in [0.25, 0.3) is 0 Å². The molecule has 0 bridgehead atoms. The highest BCUT2D eigenvalue weighted by Gasteiger charge is 2.35. The number of halogens is 3. The zero-order valence-corrected chi connectivity index (χ0v) is 28.7. The van der Waals surface area contributed by atoms with Crippen molar-refractivity contribution in [2.75, 3.05) is 38.7 Å². The van der Waals surface area contributed by atoms with Gasteiger partial charge in [0.15, 0.2) is 11.5 Å². The Morgan fingerprint density at radius 3 is 2.11 bits per heavy atom. The van der Waals surface area contributed by atoms with Crippen LogP contribution >= 0.6 is 34.8 Å². The maximum absolute atomic E-state index is 14.3. The van der Waals surface area contributed by atoms with Crippen molar-refractivity contribution in [1.82, 2.24) is 10.2 Å². The maximum Gasteiger partial charge on any atom is 0.265 e. The van der Waals surface area contributed by atoms with Crippen LogP contribution < -0.4 is 23.8 Å². The summed E-state index contributed by atoms with van der Waals surface area (Å²) in [6.07, 6.45) is 0.945. The van der Waals surface area contributed by atoms with Gasteiger partial charge in [-0.05, 0) is 60.9 Å². The van der Waals surface area contributed by atoms with E-state index in [-0.39, 0.29) is 51.0 Å². The second kappa shape index (κ2) is 16.3. The fourth-order valence-electron chi connectivity index (χ4n) is 4.60. The van der Waals surface area contributed by atoms with Gasteiger partial charge in [-0.1, -0.05) is 54.7 Å². The lowest BCUT2D eigenvalue weighted by atomic mass is 10.1. The molecule has 0 aliphatic carbocycles. The van der Waals surface area contributed by atoms with Crippen molar-refractivity contribution >= 4 is 62.3 Å². The number of anilines is 1. The summed E-state index contributed by atoms with van der Waals surface area (Å²) in [4.78, 5) is 28.8. The van der Waals surface area contributed by atoms with Crippen LogP contribution in [0.4, 0.5) is 5.69 Å². The van der Waals surface area contributed by atoms with Crippen LogP contribution in [0.1, 0.15) is 32.3 Å². The Hall–Kier alpha value is -3.38. The average molecular weight is 701 g/mol. The van der Waals surface area contributed by atoms with Gasteiger partial charge in [0.25, 0.3) is 10.0 Å². The minimum Gasteiger partial charge on any atom is -0.495 e. The second-order valence-electron chi connectivity index (χ2n) is 9.83. The molecule has 0 saturated carbocycles. The topological polar surface area (TPSA) is 114 Å². The number of sulfonamides is 1. The van der Waals surface area contributed by atoms with Crippen LogP contribution in [0.15, 0.2) is 59.5 Å². The monoisotopic (exact) mass is 699 g/mol. The number of carbonyl (C=O) groups is 2. The number of hydrogen-bond acceptors (Lipinski definition) is 7. The van der Waals surface area contributed by atoms with Gasteiger partial charge in [-0.2, -0.15) is 0 Å². The first-order valence-electron chi connectivity index (χ1n) is 14.0. The van der Waals surface area contributed by atoms with Crippen molar-refractivity contribution in [1.29, 1.82) is 0 Å². The molecule has 1 unspecified atom stereocenters. The van der Waals surface area contributed by atoms with Crippen LogP contribution in [0, 0.1) is 0 Å². The van der Waals surface area contributed by atoms with Crippen molar-refractivity contribution in [2.45, 2.75) is 44.2 Å². The highest BCUT2D eigenvalue weighted by molar-refractivity contribution is 7.92. The molecule has 0 aliphatic rings. The van der Waals surface area contributed by atoms with Gasteiger partial charge in [-0.3, -0.25) is 13.9 Å². The number of methoxy groups -OCH3 is 3. The molecule has 10 nitrogen and oxygen atoms in total. The number of benzene rings is 3. The summed E-state index contributed by atoms with van der Waals surface area (Å²) in [7, 11) is -0.289. The number of nitrogens with one attached hydrogen (secondary N) is 1. The van der Waals surface area contributed by atoms with Gasteiger partial charge in [0, 0.05) is 24.2 Å². The summed E-state index contributed by atoms with van der Waals surface area (Å²) >= 11 is 18.7. The minimum absolute atomic E-state index is 0.0195. The van der Waals surface area contributed by atoms with Crippen LogP contribution in [-0.4, -0.2) is 65.6 Å². The Bertz CT molecular complexity index is 1620. The average Bonchev–Trinajstić information content (AvgIpc) is 3.03. The second-order valence-corrected chi connectivity index (χ2v) is 12.9. The zero-order chi connectivity index (χ0) is 33.3. The van der Waals surface area contributed by atoms with E-state index in [4.69, 9.17) is 49.0 Å². The summed E-state index contributed by atoms with van der Waals surface area (Å²) in [6, 6.07) is 12.4. The van der Waals surface area contributed by atoms with Crippen LogP contribution in [0.2, 0.25) is 15.1 Å². The van der Waals surface area contributed by atoms with E-state index in [0.29, 0.717) is 29.3 Å². The number of carbonyl (C=O) groups excluding carboxylic acids is 2. The highest BCUT2D eigenvalue weighted by Crippen LogP contribution is 2.37. The molecule has 0 spiro atoms. The Kier molecular flexibility index (Phi) is 13.0. The fourth-order valence-corrected chi connectivity index (χ4v) is 6.52. The molecule has 2 amide bonds. The quantitative estimate of drug-likeness (QED) is 0.201. The molecule has 0 radical (unpaired) electrons. The summed E-state index contributed by atoms with van der Waals surface area (Å²) in [5, 5.41) is 3.65. The van der Waals surface area contributed by atoms with Crippen molar-refractivity contribution < 1.29 is 32.2 Å². The summed E-state index contributed by atoms with van der Waals surface area (Å²) < 4.78 is 45.7. The van der Waals surface area contributed by atoms with Crippen molar-refractivity contribution in [3.8, 4) is 17.2 Å². The van der Waals surface area contributed by atoms with Crippen molar-refractivity contribution in [2.24, 2.45) is 0 Å². The first-order chi connectivity index (χ1) is 21.4. The van der Waals surface area contributed by atoms with Gasteiger partial charge in [0.1, 0.15) is 18.3 Å². The number of amides is 2. The Balaban J connectivity index is 2.18. The predicted molar refractivity (Wildman–Crippen MR) is 176 cm³/mol. The van der Waals surface area contributed by atoms with E-state index in [1.54, 1.807) is 25.1 Å². The molecule has 3 aromatic rings. The van der Waals surface area contributed by atoms with E-state index in [1.807, 2.05) is 6.92 Å². The third-order valence-corrected chi connectivity index (χ3v) is 9.63. The molecule has 0 heterocycles. The molecule has 244 valence electrons. The van der Waals surface area contributed by atoms with Crippen molar-refractivity contribution in [3.05, 3.63) is 75.2 Å². The molecular formula is C31H36Cl3N3O7S. The first kappa shape index (κ1) is 36.1. The van der Waals surface area contributed by atoms with E-state index in [2.05, 4.69) is 5.32 Å². The summed E-state index contributed by atoms with van der Waals surface area (Å²) in [5.41, 5.74) is 0.611. The zero-order valence-electron chi connectivity index (χ0n) is 25.6. The van der Waals surface area contributed by atoms with Gasteiger partial charge < -0.3 is 24.4 Å². The van der Waals surface area contributed by atoms with E-state index in [9.17, 15) is 18.0 Å². The van der Waals surface area contributed by atoms with E-state index < -0.39 is 28.5 Å². The molecule has 45 heavy (non-hydrogen) atoms. The highest BCUT2D eigenvalue weighted by atomic mass is 35.5. The molecular weight excluding hydrogens is 665 g/mol. The van der Waals surface area contributed by atoms with E-state index in [0.717, 1.165) is 4.31 Å². The number of rotatable bonds is 15. The number of ether oxygens (including phenoxy) is 3. The molecule has 0 aliphatic heterocycles. The molecule has 3 aromatic carbocycles. The lowest BCUT2D eigenvalue weighted by Crippen LogP contribution is -2.52. The largest absolute Gasteiger partial charge is 0.495 e. The standard InChI is InChI=1S/C31H36Cl3N3O7S/c1-6-14-35-31(39)25(7-2)36(18-20-8-11-23(33)24(34)15-20)30(38)19-37(26-16-21(32)9-12-27(26)42-3)45(40,41)22-10-13-28(43-4)29(17-22)44-5/h8-13,15-17,25H,6-7,14,18-19H2,1-5H3,(H,35,39). The van der Waals surface area contributed by atoms with Gasteiger partial charge in [-0.15, -0.1) is 0 Å². The van der Waals surface area contributed by atoms with E-state index in [1.165, 1.54) is 62.6 Å². The smallest absolute Gasteiger partial charge is 0.265 e. The normalized spacial score (nSPS) is 11.8. The van der Waals surface area contributed by atoms with Crippen molar-refractivity contribution in [3.63, 3.8) is 0 Å². The summed E-state index contributed by atoms with van der Waals surface area (Å²) in [6.45, 7) is 3.33. The Morgan fingerprint density at radius 1 is 0.844 bits per heavy atom. The third-order valence-electron chi connectivity index (χ3n) is 6.90. The van der Waals surface area contributed by atoms with Gasteiger partial charge >= 0.3 is 0 Å². The molecule has 0 saturated heterocycles. The SMILES string of the molecule is CCCNC(=O)C(CC)N(Cc1ccc(Cl)c(Cl)c1)C(=O)CN(c1cc(Cl)ccc1OC)S(=O)(=O)c1ccc(OC)c(OC)c1. The molecule has 0 fully saturated rings. The first-order valence-corrected chi connectivity index (χ1v) is 16.6. The fraction of sp³-hybridized carbons (Fsp3) is 0.355. The van der Waals surface area contributed by atoms with Crippen LogP contribution in [-0.2, 0) is 26.2 Å². The van der Waals surface area contributed by atoms with E-state index >= 15 is 0 Å². The molecule has 1 atom stereocenters. The lowest BCUT2D eigenvalue weighted by Gasteiger charge is -2.33. The van der Waals surface area contributed by atoms with Gasteiger partial charge in [0.05, 0.1) is 42.0 Å².